The van der Waals surface area contributed by atoms with Gasteiger partial charge in [-0.2, -0.15) is 23.4 Å². The van der Waals surface area contributed by atoms with Gasteiger partial charge in [-0.15, -0.1) is 0 Å². The Hall–Kier alpha value is -2.01. The lowest BCUT2D eigenvalue weighted by molar-refractivity contribution is -0.165. The summed E-state index contributed by atoms with van der Waals surface area (Å²) in [6.45, 7) is 2.50. The van der Waals surface area contributed by atoms with Crippen LogP contribution in [0.3, 0.4) is 0 Å². The summed E-state index contributed by atoms with van der Waals surface area (Å²) in [4.78, 5) is 15.0. The van der Waals surface area contributed by atoms with Crippen LogP contribution < -0.4 is 5.32 Å². The minimum absolute atomic E-state index is 0.0925. The minimum atomic E-state index is -4.69. The van der Waals surface area contributed by atoms with Gasteiger partial charge in [0.05, 0.1) is 17.7 Å². The van der Waals surface area contributed by atoms with Gasteiger partial charge < -0.3 is 5.32 Å². The molecule has 1 aromatic carbocycles. The van der Waals surface area contributed by atoms with E-state index < -0.39 is 22.9 Å². The quantitative estimate of drug-likeness (QED) is 0.906. The molecule has 8 heteroatoms. The molecular weight excluding hydrogens is 315 g/mol. The van der Waals surface area contributed by atoms with E-state index in [1.807, 2.05) is 6.07 Å². The number of rotatable bonds is 2. The number of carbonyl (C=O) groups excluding carboxylic acids is 1. The Morgan fingerprint density at radius 2 is 2.05 bits per heavy atom. The van der Waals surface area contributed by atoms with Crippen LogP contribution in [0.1, 0.15) is 31.0 Å². The van der Waals surface area contributed by atoms with Crippen molar-refractivity contribution in [1.82, 2.24) is 5.32 Å². The first-order chi connectivity index (χ1) is 10.2. The second kappa shape index (κ2) is 5.65. The highest BCUT2D eigenvalue weighted by atomic mass is 32.2. The molecule has 0 aromatic heterocycles. The number of nitrogens with one attached hydrogen (secondary N) is 1. The highest BCUT2D eigenvalue weighted by Crippen LogP contribution is 2.46. The number of hydrogen-bond acceptors (Lipinski definition) is 4. The fourth-order valence-electron chi connectivity index (χ4n) is 1.94. The van der Waals surface area contributed by atoms with E-state index in [1.165, 1.54) is 0 Å². The topological polar surface area (TPSA) is 65.2 Å². The number of thioether (sulfide) groups is 1. The van der Waals surface area contributed by atoms with Crippen LogP contribution in [-0.2, 0) is 4.79 Å². The smallest absolute Gasteiger partial charge is 0.358 e. The van der Waals surface area contributed by atoms with E-state index in [0.29, 0.717) is 22.9 Å². The number of amidine groups is 1. The van der Waals surface area contributed by atoms with Gasteiger partial charge in [0.2, 0.25) is 0 Å². The normalized spacial score (nSPS) is 22.9. The van der Waals surface area contributed by atoms with E-state index in [9.17, 15) is 18.0 Å². The van der Waals surface area contributed by atoms with Crippen LogP contribution in [0.25, 0.3) is 0 Å². The van der Waals surface area contributed by atoms with Gasteiger partial charge in [-0.1, -0.05) is 30.0 Å². The molecule has 1 aliphatic heterocycles. The lowest BCUT2D eigenvalue weighted by Crippen LogP contribution is -2.44. The van der Waals surface area contributed by atoms with Crippen LogP contribution in [-0.4, -0.2) is 22.0 Å². The summed E-state index contributed by atoms with van der Waals surface area (Å²) < 4.78 is 36.3. The Balaban J connectivity index is 2.18. The molecule has 2 rings (SSSR count). The lowest BCUT2D eigenvalue weighted by Gasteiger charge is -2.23. The Labute approximate surface area is 129 Å². The van der Waals surface area contributed by atoms with Crippen molar-refractivity contribution in [3.8, 4) is 6.07 Å². The average molecular weight is 327 g/mol. The van der Waals surface area contributed by atoms with Gasteiger partial charge >= 0.3 is 6.18 Å². The third kappa shape index (κ3) is 2.81. The SMILES string of the molecule is C[C@H](NC1=NC(=O)C(C)(C(F)(F)F)S1)c1ccccc1C#N. The number of halogens is 3. The summed E-state index contributed by atoms with van der Waals surface area (Å²) in [6.07, 6.45) is -4.69. The fraction of sp³-hybridized carbons (Fsp3) is 0.357. The minimum Gasteiger partial charge on any atom is -0.358 e. The molecule has 4 nitrogen and oxygen atoms in total. The van der Waals surface area contributed by atoms with E-state index in [4.69, 9.17) is 5.26 Å². The van der Waals surface area contributed by atoms with Crippen molar-refractivity contribution < 1.29 is 18.0 Å². The van der Waals surface area contributed by atoms with E-state index >= 15 is 0 Å². The summed E-state index contributed by atoms with van der Waals surface area (Å²) in [5.74, 6) is -1.23. The summed E-state index contributed by atoms with van der Waals surface area (Å²) >= 11 is 0.346. The van der Waals surface area contributed by atoms with Gasteiger partial charge in [0.1, 0.15) is 0 Å². The van der Waals surface area contributed by atoms with Crippen LogP contribution in [0.5, 0.6) is 0 Å². The maximum atomic E-state index is 13.0. The van der Waals surface area contributed by atoms with Crippen molar-refractivity contribution in [2.45, 2.75) is 30.8 Å². The van der Waals surface area contributed by atoms with Crippen LogP contribution in [0.2, 0.25) is 0 Å². The molecule has 0 saturated carbocycles. The molecule has 1 aliphatic rings. The standard InChI is InChI=1S/C14H12F3N3OS/c1-8(10-6-4-3-5-9(10)7-18)19-12-20-11(21)13(2,22-12)14(15,16)17/h3-6,8H,1-2H3,(H,19,20,21)/t8-,13?/m0/s1. The van der Waals surface area contributed by atoms with Gasteiger partial charge in [-0.25, -0.2) is 0 Å². The number of amides is 1. The van der Waals surface area contributed by atoms with Gasteiger partial charge in [0, 0.05) is 0 Å². The van der Waals surface area contributed by atoms with Crippen molar-refractivity contribution in [2.24, 2.45) is 4.99 Å². The van der Waals surface area contributed by atoms with Crippen molar-refractivity contribution in [2.75, 3.05) is 0 Å². The predicted molar refractivity (Wildman–Crippen MR) is 77.2 cm³/mol. The number of nitrogens with zero attached hydrogens (tertiary/aromatic N) is 2. The Morgan fingerprint density at radius 3 is 2.59 bits per heavy atom. The van der Waals surface area contributed by atoms with Crippen molar-refractivity contribution in [3.05, 3.63) is 35.4 Å². The molecule has 0 saturated heterocycles. The fourth-order valence-corrected chi connectivity index (χ4v) is 2.94. The van der Waals surface area contributed by atoms with E-state index in [2.05, 4.69) is 10.3 Å². The Morgan fingerprint density at radius 1 is 1.41 bits per heavy atom. The Bertz CT molecular complexity index is 681. The van der Waals surface area contributed by atoms with E-state index in [0.717, 1.165) is 6.92 Å². The predicted octanol–water partition coefficient (Wildman–Crippen LogP) is 3.16. The number of alkyl halides is 3. The molecular formula is C14H12F3N3OS. The number of aliphatic imine (C=N–C) groups is 1. The Kier molecular flexibility index (Phi) is 4.20. The molecule has 2 atom stereocenters. The molecule has 0 bridgehead atoms. The second-order valence-corrected chi connectivity index (χ2v) is 6.33. The number of hydrogen-bond donors (Lipinski definition) is 1. The lowest BCUT2D eigenvalue weighted by atomic mass is 10.0. The first-order valence-corrected chi connectivity index (χ1v) is 7.15. The second-order valence-electron chi connectivity index (χ2n) is 4.92. The third-order valence-electron chi connectivity index (χ3n) is 3.34. The molecule has 22 heavy (non-hydrogen) atoms. The van der Waals surface area contributed by atoms with Crippen LogP contribution in [0.4, 0.5) is 13.2 Å². The van der Waals surface area contributed by atoms with Crippen molar-refractivity contribution in [3.63, 3.8) is 0 Å². The van der Waals surface area contributed by atoms with Crippen molar-refractivity contribution in [1.29, 1.82) is 5.26 Å². The monoisotopic (exact) mass is 327 g/mol. The molecule has 116 valence electrons. The summed E-state index contributed by atoms with van der Waals surface area (Å²) in [5, 5.41) is 11.7. The number of carbonyl (C=O) groups is 1. The zero-order chi connectivity index (χ0) is 16.5. The largest absolute Gasteiger partial charge is 0.412 e. The van der Waals surface area contributed by atoms with Crippen LogP contribution >= 0.6 is 11.8 Å². The first-order valence-electron chi connectivity index (χ1n) is 6.33. The van der Waals surface area contributed by atoms with Crippen LogP contribution in [0.15, 0.2) is 29.3 Å². The molecule has 1 unspecified atom stereocenters. The van der Waals surface area contributed by atoms with Gasteiger partial charge in [-0.3, -0.25) is 4.79 Å². The molecule has 1 N–H and O–H groups in total. The highest BCUT2D eigenvalue weighted by Gasteiger charge is 2.61. The van der Waals surface area contributed by atoms with Crippen LogP contribution in [0, 0.1) is 11.3 Å². The van der Waals surface area contributed by atoms with E-state index in [-0.39, 0.29) is 5.17 Å². The molecule has 0 spiro atoms. The molecule has 0 fully saturated rings. The van der Waals surface area contributed by atoms with Gasteiger partial charge in [0.15, 0.2) is 9.91 Å². The maximum Gasteiger partial charge on any atom is 0.412 e. The number of nitriles is 1. The zero-order valence-corrected chi connectivity index (χ0v) is 12.5. The average Bonchev–Trinajstić information content (AvgIpc) is 2.74. The molecule has 0 radical (unpaired) electrons. The summed E-state index contributed by atoms with van der Waals surface area (Å²) in [5.41, 5.74) is 1.04. The van der Waals surface area contributed by atoms with E-state index in [1.54, 1.807) is 31.2 Å². The molecule has 1 amide bonds. The molecule has 1 aromatic rings. The first kappa shape index (κ1) is 16.4. The zero-order valence-electron chi connectivity index (χ0n) is 11.7. The third-order valence-corrected chi connectivity index (χ3v) is 4.56. The number of benzene rings is 1. The highest BCUT2D eigenvalue weighted by molar-refractivity contribution is 8.16. The summed E-state index contributed by atoms with van der Waals surface area (Å²) in [6, 6.07) is 8.29. The van der Waals surface area contributed by atoms with Gasteiger partial charge in [-0.05, 0) is 25.5 Å². The molecule has 1 heterocycles. The maximum absolute atomic E-state index is 13.0. The van der Waals surface area contributed by atoms with Crippen molar-refractivity contribution >= 4 is 22.8 Å². The van der Waals surface area contributed by atoms with Gasteiger partial charge in [0.25, 0.3) is 5.91 Å². The molecule has 0 aliphatic carbocycles. The summed E-state index contributed by atoms with van der Waals surface area (Å²) in [7, 11) is 0.